The predicted molar refractivity (Wildman–Crippen MR) is 123 cm³/mol. The van der Waals surface area contributed by atoms with Crippen LogP contribution in [0.1, 0.15) is 26.3 Å². The Labute approximate surface area is 189 Å². The number of carbonyl (C=O) groups is 1. The van der Waals surface area contributed by atoms with Crippen LogP contribution in [0.5, 0.6) is 5.75 Å². The van der Waals surface area contributed by atoms with Gasteiger partial charge in [0.25, 0.3) is 0 Å². The van der Waals surface area contributed by atoms with Crippen molar-refractivity contribution >= 4 is 49.3 Å². The lowest BCUT2D eigenvalue weighted by atomic mass is 9.90. The Balaban J connectivity index is 1.80. The molecule has 0 aliphatic rings. The van der Waals surface area contributed by atoms with E-state index in [2.05, 4.69) is 9.71 Å². The second-order valence-corrected chi connectivity index (χ2v) is 11.4. The number of sulfonamides is 1. The lowest BCUT2D eigenvalue weighted by Crippen LogP contribution is -2.55. The smallest absolute Gasteiger partial charge is 0.324 e. The summed E-state index contributed by atoms with van der Waals surface area (Å²) in [5.74, 6) is -0.135. The highest BCUT2D eigenvalue weighted by molar-refractivity contribution is 8.00. The molecule has 3 aromatic rings. The SMILES string of the molecule is COc1ccc(CSc2nc3ccc(S(=O)(=O)N[C@@](C)(C(=O)O)C(C)C)cc3s2)cc1. The van der Waals surface area contributed by atoms with Gasteiger partial charge in [-0.2, -0.15) is 4.72 Å². The molecule has 0 spiro atoms. The number of hydrogen-bond acceptors (Lipinski definition) is 7. The first-order chi connectivity index (χ1) is 14.5. The first-order valence-electron chi connectivity index (χ1n) is 9.49. The Morgan fingerprint density at radius 3 is 2.52 bits per heavy atom. The highest BCUT2D eigenvalue weighted by Gasteiger charge is 2.40. The number of ether oxygens (including phenoxy) is 1. The Kier molecular flexibility index (Phi) is 6.95. The number of rotatable bonds is 9. The molecule has 7 nitrogen and oxygen atoms in total. The molecule has 1 heterocycles. The summed E-state index contributed by atoms with van der Waals surface area (Å²) in [5.41, 5.74) is 0.214. The minimum atomic E-state index is -4.02. The molecule has 0 radical (unpaired) electrons. The number of thiazole rings is 1. The molecule has 2 aromatic carbocycles. The van der Waals surface area contributed by atoms with Crippen LogP contribution in [0.4, 0.5) is 0 Å². The zero-order valence-electron chi connectivity index (χ0n) is 17.6. The van der Waals surface area contributed by atoms with Crippen molar-refractivity contribution in [3.63, 3.8) is 0 Å². The van der Waals surface area contributed by atoms with Crippen molar-refractivity contribution < 1.29 is 23.1 Å². The van der Waals surface area contributed by atoms with E-state index >= 15 is 0 Å². The van der Waals surface area contributed by atoms with Crippen molar-refractivity contribution in [2.45, 2.75) is 41.3 Å². The number of benzene rings is 2. The third-order valence-corrected chi connectivity index (χ3v) is 8.92. The molecule has 31 heavy (non-hydrogen) atoms. The van der Waals surface area contributed by atoms with Crippen LogP contribution < -0.4 is 9.46 Å². The molecule has 0 unspecified atom stereocenters. The average molecular weight is 481 g/mol. The molecule has 0 aliphatic heterocycles. The van der Waals surface area contributed by atoms with Crippen molar-refractivity contribution in [2.75, 3.05) is 7.11 Å². The molecule has 0 saturated heterocycles. The first kappa shape index (κ1) is 23.5. The molecule has 1 aromatic heterocycles. The second kappa shape index (κ2) is 9.15. The van der Waals surface area contributed by atoms with Crippen molar-refractivity contribution in [1.29, 1.82) is 0 Å². The maximum atomic E-state index is 12.9. The highest BCUT2D eigenvalue weighted by atomic mass is 32.2. The van der Waals surface area contributed by atoms with Crippen LogP contribution in [0.2, 0.25) is 0 Å². The maximum absolute atomic E-state index is 12.9. The van der Waals surface area contributed by atoms with Gasteiger partial charge < -0.3 is 9.84 Å². The van der Waals surface area contributed by atoms with Gasteiger partial charge in [0.2, 0.25) is 10.0 Å². The van der Waals surface area contributed by atoms with Gasteiger partial charge in [-0.15, -0.1) is 11.3 Å². The van der Waals surface area contributed by atoms with Gasteiger partial charge in [-0.05, 0) is 48.7 Å². The molecule has 0 fully saturated rings. The van der Waals surface area contributed by atoms with Crippen LogP contribution in [-0.4, -0.2) is 37.1 Å². The summed E-state index contributed by atoms with van der Waals surface area (Å²) in [7, 11) is -2.40. The molecule has 166 valence electrons. The molecule has 0 bridgehead atoms. The normalized spacial score (nSPS) is 14.0. The number of methoxy groups -OCH3 is 1. The molecule has 1 atom stereocenters. The second-order valence-electron chi connectivity index (χ2n) is 7.51. The van der Waals surface area contributed by atoms with Crippen LogP contribution >= 0.6 is 23.1 Å². The number of nitrogens with zero attached hydrogens (tertiary/aromatic N) is 1. The molecule has 2 N–H and O–H groups in total. The minimum Gasteiger partial charge on any atom is -0.497 e. The number of carboxylic acids is 1. The lowest BCUT2D eigenvalue weighted by Gasteiger charge is -2.29. The summed E-state index contributed by atoms with van der Waals surface area (Å²) in [6, 6.07) is 12.4. The largest absolute Gasteiger partial charge is 0.497 e. The number of thioether (sulfide) groups is 1. The third-order valence-electron chi connectivity index (χ3n) is 5.12. The highest BCUT2D eigenvalue weighted by Crippen LogP contribution is 2.33. The summed E-state index contributed by atoms with van der Waals surface area (Å²) in [6.45, 7) is 4.70. The van der Waals surface area contributed by atoms with Crippen molar-refractivity contribution in [2.24, 2.45) is 5.92 Å². The van der Waals surface area contributed by atoms with E-state index in [4.69, 9.17) is 4.74 Å². The van der Waals surface area contributed by atoms with Crippen molar-refractivity contribution in [3.8, 4) is 5.75 Å². The summed E-state index contributed by atoms with van der Waals surface area (Å²) >= 11 is 2.97. The van der Waals surface area contributed by atoms with E-state index in [1.807, 2.05) is 24.3 Å². The summed E-state index contributed by atoms with van der Waals surface area (Å²) < 4.78 is 34.8. The Bertz CT molecular complexity index is 1190. The monoisotopic (exact) mass is 480 g/mol. The van der Waals surface area contributed by atoms with Gasteiger partial charge in [-0.1, -0.05) is 37.7 Å². The van der Waals surface area contributed by atoms with Gasteiger partial charge in [0.15, 0.2) is 4.34 Å². The van der Waals surface area contributed by atoms with Crippen LogP contribution in [-0.2, 0) is 20.6 Å². The third kappa shape index (κ3) is 5.20. The maximum Gasteiger partial charge on any atom is 0.324 e. The Morgan fingerprint density at radius 1 is 1.26 bits per heavy atom. The number of nitrogens with one attached hydrogen (secondary N) is 1. The van der Waals surface area contributed by atoms with E-state index in [9.17, 15) is 18.3 Å². The molecule has 0 amide bonds. The fourth-order valence-corrected chi connectivity index (χ4v) is 6.38. The first-order valence-corrected chi connectivity index (χ1v) is 12.8. The van der Waals surface area contributed by atoms with Gasteiger partial charge in [-0.25, -0.2) is 13.4 Å². The van der Waals surface area contributed by atoms with E-state index in [0.29, 0.717) is 5.52 Å². The van der Waals surface area contributed by atoms with Gasteiger partial charge in [0.1, 0.15) is 11.3 Å². The quantitative estimate of drug-likeness (QED) is 0.438. The molecule has 10 heteroatoms. The molecular weight excluding hydrogens is 456 g/mol. The Hall–Kier alpha value is -2.14. The number of aliphatic carboxylic acids is 1. The van der Waals surface area contributed by atoms with Gasteiger partial charge >= 0.3 is 5.97 Å². The van der Waals surface area contributed by atoms with Crippen molar-refractivity contribution in [3.05, 3.63) is 48.0 Å². The molecular formula is C21H24N2O5S3. The van der Waals surface area contributed by atoms with Crippen LogP contribution in [0.25, 0.3) is 10.2 Å². The zero-order valence-corrected chi connectivity index (χ0v) is 20.0. The Morgan fingerprint density at radius 2 is 1.94 bits per heavy atom. The van der Waals surface area contributed by atoms with Gasteiger partial charge in [-0.3, -0.25) is 4.79 Å². The zero-order chi connectivity index (χ0) is 22.8. The van der Waals surface area contributed by atoms with E-state index < -0.39 is 27.4 Å². The number of fused-ring (bicyclic) bond motifs is 1. The molecule has 3 rings (SSSR count). The number of aromatic nitrogens is 1. The lowest BCUT2D eigenvalue weighted by molar-refractivity contribution is -0.145. The fraction of sp³-hybridized carbons (Fsp3) is 0.333. The van der Waals surface area contributed by atoms with Gasteiger partial charge in [0.05, 0.1) is 22.2 Å². The van der Waals surface area contributed by atoms with E-state index in [0.717, 1.165) is 26.1 Å². The van der Waals surface area contributed by atoms with Crippen LogP contribution in [0.15, 0.2) is 51.7 Å². The van der Waals surface area contributed by atoms with Crippen LogP contribution in [0, 0.1) is 5.92 Å². The average Bonchev–Trinajstić information content (AvgIpc) is 3.14. The summed E-state index contributed by atoms with van der Waals surface area (Å²) in [6.07, 6.45) is 0. The van der Waals surface area contributed by atoms with E-state index in [-0.39, 0.29) is 4.90 Å². The van der Waals surface area contributed by atoms with E-state index in [1.165, 1.54) is 30.4 Å². The van der Waals surface area contributed by atoms with Gasteiger partial charge in [0, 0.05) is 5.75 Å². The predicted octanol–water partition coefficient (Wildman–Crippen LogP) is 4.37. The van der Waals surface area contributed by atoms with Crippen molar-refractivity contribution in [1.82, 2.24) is 9.71 Å². The standard InChI is InChI=1S/C21H24N2O5S3/c1-13(2)21(3,19(24)25)23-31(26,27)16-9-10-17-18(11-16)30-20(22-17)29-12-14-5-7-15(28-4)8-6-14/h5-11,13,23H,12H2,1-4H3,(H,24,25)/t21-/m1/s1. The topological polar surface area (TPSA) is 106 Å². The number of carboxylic acid groups (broad SMARTS) is 1. The minimum absolute atomic E-state index is 0.0171. The van der Waals surface area contributed by atoms with Crippen LogP contribution in [0.3, 0.4) is 0 Å². The molecule has 0 aliphatic carbocycles. The fourth-order valence-electron chi connectivity index (χ4n) is 2.73. The van der Waals surface area contributed by atoms with E-state index in [1.54, 1.807) is 38.8 Å². The molecule has 0 saturated carbocycles. The summed E-state index contributed by atoms with van der Waals surface area (Å²) in [5, 5.41) is 9.53. The summed E-state index contributed by atoms with van der Waals surface area (Å²) in [4.78, 5) is 16.2. The number of hydrogen-bond donors (Lipinski definition) is 2.